The maximum Gasteiger partial charge on any atom is 0.310 e. The van der Waals surface area contributed by atoms with Crippen LogP contribution in [-0.2, 0) is 20.9 Å². The van der Waals surface area contributed by atoms with Gasteiger partial charge in [0.2, 0.25) is 0 Å². The van der Waals surface area contributed by atoms with Crippen molar-refractivity contribution in [2.75, 3.05) is 33.0 Å². The summed E-state index contributed by atoms with van der Waals surface area (Å²) >= 11 is 0. The molecule has 1 aromatic heterocycles. The van der Waals surface area contributed by atoms with E-state index in [2.05, 4.69) is 10.1 Å². The first-order valence-corrected chi connectivity index (χ1v) is 13.3. The Bertz CT molecular complexity index is 1140. The van der Waals surface area contributed by atoms with E-state index in [1.807, 2.05) is 55.5 Å². The number of hydrogen-bond donors (Lipinski definition) is 0. The molecule has 0 N–H and O–H groups in total. The standard InChI is InChI=1S/C29H36N2O6/c1-21-18-24(13-17-33-21)29(32)36-20-31-14-10-22(11-15-31)12-16-34-28-27-25(8-5-9-26(27)37-30-28)35-19-23-6-3-2-4-7-23/h2-9,21-22,24H,10-20H2,1H3. The van der Waals surface area contributed by atoms with Crippen LogP contribution in [0.25, 0.3) is 11.0 Å². The largest absolute Gasteiger partial charge is 0.488 e. The average molecular weight is 509 g/mol. The molecule has 3 heterocycles. The molecule has 8 heteroatoms. The molecule has 2 atom stereocenters. The van der Waals surface area contributed by atoms with Crippen molar-refractivity contribution >= 4 is 16.9 Å². The number of rotatable bonds is 10. The van der Waals surface area contributed by atoms with Gasteiger partial charge in [0, 0.05) is 19.7 Å². The fraction of sp³-hybridized carbons (Fsp3) is 0.517. The van der Waals surface area contributed by atoms with Crippen LogP contribution in [0.3, 0.4) is 0 Å². The quantitative estimate of drug-likeness (QED) is 0.346. The zero-order valence-electron chi connectivity index (χ0n) is 21.5. The molecule has 2 unspecified atom stereocenters. The Kier molecular flexibility index (Phi) is 8.58. The third-order valence-electron chi connectivity index (χ3n) is 7.35. The van der Waals surface area contributed by atoms with Gasteiger partial charge in [0.25, 0.3) is 5.88 Å². The molecule has 0 aliphatic carbocycles. The first-order valence-electron chi connectivity index (χ1n) is 13.3. The lowest BCUT2D eigenvalue weighted by Gasteiger charge is -2.32. The second kappa shape index (κ2) is 12.4. The molecule has 2 fully saturated rings. The third-order valence-corrected chi connectivity index (χ3v) is 7.35. The Morgan fingerprint density at radius 2 is 1.89 bits per heavy atom. The van der Waals surface area contributed by atoms with Gasteiger partial charge >= 0.3 is 5.97 Å². The van der Waals surface area contributed by atoms with E-state index in [1.165, 1.54) is 0 Å². The number of likely N-dealkylation sites (tertiary alicyclic amines) is 1. The summed E-state index contributed by atoms with van der Waals surface area (Å²) in [4.78, 5) is 14.6. The van der Waals surface area contributed by atoms with Crippen LogP contribution < -0.4 is 9.47 Å². The lowest BCUT2D eigenvalue weighted by atomic mass is 9.94. The van der Waals surface area contributed by atoms with Crippen LogP contribution in [0.1, 0.15) is 44.6 Å². The molecule has 198 valence electrons. The Hall–Kier alpha value is -3.10. The maximum absolute atomic E-state index is 12.4. The summed E-state index contributed by atoms with van der Waals surface area (Å²) in [6.45, 7) is 5.91. The fourth-order valence-electron chi connectivity index (χ4n) is 5.10. The summed E-state index contributed by atoms with van der Waals surface area (Å²) in [5, 5.41) is 4.92. The lowest BCUT2D eigenvalue weighted by molar-refractivity contribution is -0.158. The van der Waals surface area contributed by atoms with E-state index in [1.54, 1.807) is 0 Å². The number of carbonyl (C=O) groups is 1. The summed E-state index contributed by atoms with van der Waals surface area (Å²) in [5.41, 5.74) is 1.75. The van der Waals surface area contributed by atoms with Crippen molar-refractivity contribution in [1.29, 1.82) is 0 Å². The van der Waals surface area contributed by atoms with E-state index in [0.29, 0.717) is 49.7 Å². The Balaban J connectivity index is 1.05. The maximum atomic E-state index is 12.4. The van der Waals surface area contributed by atoms with Crippen molar-refractivity contribution < 1.29 is 28.3 Å². The van der Waals surface area contributed by atoms with Crippen molar-refractivity contribution in [3.8, 4) is 11.6 Å². The van der Waals surface area contributed by atoms with Gasteiger partial charge in [-0.25, -0.2) is 0 Å². The highest BCUT2D eigenvalue weighted by Crippen LogP contribution is 2.34. The summed E-state index contributed by atoms with van der Waals surface area (Å²) in [5.74, 6) is 1.63. The molecule has 0 saturated carbocycles. The Morgan fingerprint density at radius 3 is 2.70 bits per heavy atom. The topological polar surface area (TPSA) is 83.3 Å². The van der Waals surface area contributed by atoms with E-state index in [9.17, 15) is 4.79 Å². The van der Waals surface area contributed by atoms with E-state index in [-0.39, 0.29) is 18.0 Å². The van der Waals surface area contributed by atoms with Gasteiger partial charge in [-0.3, -0.25) is 9.69 Å². The SMILES string of the molecule is CC1CC(C(=O)OCN2CCC(CCOc3noc4cccc(OCc5ccccc5)c34)CC2)CCO1. The van der Waals surface area contributed by atoms with Gasteiger partial charge in [0.1, 0.15) is 24.5 Å². The van der Waals surface area contributed by atoms with Crippen molar-refractivity contribution in [2.45, 2.75) is 51.7 Å². The van der Waals surface area contributed by atoms with Gasteiger partial charge in [-0.1, -0.05) is 36.4 Å². The van der Waals surface area contributed by atoms with Gasteiger partial charge in [-0.05, 0) is 67.8 Å². The minimum Gasteiger partial charge on any atom is -0.488 e. The highest BCUT2D eigenvalue weighted by Gasteiger charge is 2.28. The van der Waals surface area contributed by atoms with Gasteiger partial charge in [-0.15, -0.1) is 0 Å². The third kappa shape index (κ3) is 6.81. The zero-order valence-corrected chi connectivity index (χ0v) is 21.5. The number of piperidine rings is 1. The van der Waals surface area contributed by atoms with Gasteiger partial charge < -0.3 is 23.5 Å². The van der Waals surface area contributed by atoms with Crippen molar-refractivity contribution in [1.82, 2.24) is 10.1 Å². The van der Waals surface area contributed by atoms with Crippen LogP contribution in [0.4, 0.5) is 0 Å². The number of carbonyl (C=O) groups excluding carboxylic acids is 1. The molecule has 8 nitrogen and oxygen atoms in total. The smallest absolute Gasteiger partial charge is 0.310 e. The van der Waals surface area contributed by atoms with Crippen LogP contribution in [0.15, 0.2) is 53.1 Å². The second-order valence-electron chi connectivity index (χ2n) is 10.1. The van der Waals surface area contributed by atoms with Gasteiger partial charge in [-0.2, -0.15) is 0 Å². The first kappa shape index (κ1) is 25.5. The highest BCUT2D eigenvalue weighted by molar-refractivity contribution is 5.88. The van der Waals surface area contributed by atoms with E-state index in [0.717, 1.165) is 56.1 Å². The molecule has 5 rings (SSSR count). The van der Waals surface area contributed by atoms with E-state index in [4.69, 9.17) is 23.5 Å². The molecular formula is C29H36N2O6. The number of benzene rings is 2. The predicted octanol–water partition coefficient (Wildman–Crippen LogP) is 5.20. The minimum atomic E-state index is -0.0855. The number of fused-ring (bicyclic) bond motifs is 1. The predicted molar refractivity (Wildman–Crippen MR) is 138 cm³/mol. The molecule has 37 heavy (non-hydrogen) atoms. The molecular weight excluding hydrogens is 472 g/mol. The summed E-state index contributed by atoms with van der Waals surface area (Å²) in [7, 11) is 0. The molecule has 3 aromatic rings. The molecule has 0 radical (unpaired) electrons. The summed E-state index contributed by atoms with van der Waals surface area (Å²) in [6, 6.07) is 15.7. The van der Waals surface area contributed by atoms with E-state index >= 15 is 0 Å². The van der Waals surface area contributed by atoms with Crippen molar-refractivity contribution in [3.63, 3.8) is 0 Å². The molecule has 2 aromatic carbocycles. The fourth-order valence-corrected chi connectivity index (χ4v) is 5.10. The van der Waals surface area contributed by atoms with Crippen LogP contribution in [-0.4, -0.2) is 55.2 Å². The van der Waals surface area contributed by atoms with Gasteiger partial charge in [0.05, 0.1) is 18.6 Å². The molecule has 0 amide bonds. The monoisotopic (exact) mass is 508 g/mol. The number of ether oxygens (including phenoxy) is 4. The van der Waals surface area contributed by atoms with Crippen LogP contribution in [0.5, 0.6) is 11.6 Å². The molecule has 0 bridgehead atoms. The van der Waals surface area contributed by atoms with E-state index < -0.39 is 0 Å². The second-order valence-corrected chi connectivity index (χ2v) is 10.1. The number of nitrogens with zero attached hydrogens (tertiary/aromatic N) is 2. The Labute approximate surface area is 217 Å². The highest BCUT2D eigenvalue weighted by atomic mass is 16.5. The van der Waals surface area contributed by atoms with Crippen molar-refractivity contribution in [3.05, 3.63) is 54.1 Å². The van der Waals surface area contributed by atoms with Crippen molar-refractivity contribution in [2.24, 2.45) is 11.8 Å². The van der Waals surface area contributed by atoms with Crippen LogP contribution in [0.2, 0.25) is 0 Å². The average Bonchev–Trinajstić information content (AvgIpc) is 3.35. The first-order chi connectivity index (χ1) is 18.2. The van der Waals surface area contributed by atoms with Crippen LogP contribution in [0, 0.1) is 11.8 Å². The van der Waals surface area contributed by atoms with Gasteiger partial charge in [0.15, 0.2) is 5.58 Å². The number of esters is 1. The normalized spacial score (nSPS) is 21.1. The zero-order chi connectivity index (χ0) is 25.5. The summed E-state index contributed by atoms with van der Waals surface area (Å²) in [6.07, 6.45) is 4.69. The lowest BCUT2D eigenvalue weighted by Crippen LogP contribution is -2.38. The molecule has 2 aliphatic heterocycles. The molecule has 0 spiro atoms. The summed E-state index contributed by atoms with van der Waals surface area (Å²) < 4.78 is 28.8. The number of hydrogen-bond acceptors (Lipinski definition) is 8. The Morgan fingerprint density at radius 1 is 1.05 bits per heavy atom. The molecule has 2 aliphatic rings. The number of aromatic nitrogens is 1. The molecule has 2 saturated heterocycles. The van der Waals surface area contributed by atoms with Crippen LogP contribution >= 0.6 is 0 Å². The minimum absolute atomic E-state index is 0.0321.